The second-order valence-electron chi connectivity index (χ2n) is 6.42. The van der Waals surface area contributed by atoms with Gasteiger partial charge in [-0.25, -0.2) is 0 Å². The molecule has 1 aromatic heterocycles. The molecule has 2 heterocycles. The number of carbonyl (C=O) groups is 2. The van der Waals surface area contributed by atoms with Gasteiger partial charge in [-0.1, -0.05) is 12.1 Å². The van der Waals surface area contributed by atoms with Crippen molar-refractivity contribution < 1.29 is 9.59 Å². The molecule has 0 saturated carbocycles. The van der Waals surface area contributed by atoms with Gasteiger partial charge in [0, 0.05) is 31.5 Å². The third-order valence-corrected chi connectivity index (χ3v) is 4.65. The molecule has 0 fully saturated rings. The van der Waals surface area contributed by atoms with Crippen LogP contribution in [0.1, 0.15) is 35.7 Å². The zero-order valence-electron chi connectivity index (χ0n) is 14.9. The second-order valence-corrected chi connectivity index (χ2v) is 6.42. The molecule has 25 heavy (non-hydrogen) atoms. The van der Waals surface area contributed by atoms with E-state index < -0.39 is 6.04 Å². The smallest absolute Gasteiger partial charge is 0.242 e. The van der Waals surface area contributed by atoms with Gasteiger partial charge in [-0.05, 0) is 31.2 Å². The summed E-state index contributed by atoms with van der Waals surface area (Å²) in [6.07, 6.45) is 3.92. The lowest BCUT2D eigenvalue weighted by Gasteiger charge is -2.20. The number of hydrogen-bond acceptors (Lipinski definition) is 4. The molecule has 1 aliphatic heterocycles. The van der Waals surface area contributed by atoms with Gasteiger partial charge in [0.1, 0.15) is 6.04 Å². The van der Waals surface area contributed by atoms with E-state index in [1.54, 1.807) is 29.9 Å². The standard InChI is InChI=1S/C18H23N5O2/c1-11(12-5-6-15-13(7-12)8-16(24)23(15)4)21-18(25)17(19-2)14-9-20-22(3)10-14/h5-7,9-11,17,19H,8H2,1-4H3,(H,21,25). The monoisotopic (exact) mass is 341 g/mol. The molecule has 0 saturated heterocycles. The van der Waals surface area contributed by atoms with Crippen LogP contribution in [0.3, 0.4) is 0 Å². The van der Waals surface area contributed by atoms with E-state index in [9.17, 15) is 9.59 Å². The Morgan fingerprint density at radius 3 is 2.68 bits per heavy atom. The van der Waals surface area contributed by atoms with E-state index in [-0.39, 0.29) is 17.9 Å². The fourth-order valence-electron chi connectivity index (χ4n) is 3.18. The van der Waals surface area contributed by atoms with Gasteiger partial charge in [-0.3, -0.25) is 14.3 Å². The molecule has 3 rings (SSSR count). The number of fused-ring (bicyclic) bond motifs is 1. The molecule has 2 amide bonds. The molecule has 2 atom stereocenters. The van der Waals surface area contributed by atoms with Crippen molar-refractivity contribution in [3.8, 4) is 0 Å². The molecule has 0 spiro atoms. The maximum absolute atomic E-state index is 12.6. The Morgan fingerprint density at radius 1 is 1.28 bits per heavy atom. The van der Waals surface area contributed by atoms with Gasteiger partial charge in [0.2, 0.25) is 11.8 Å². The summed E-state index contributed by atoms with van der Waals surface area (Å²) in [5, 5.41) is 10.2. The first kappa shape index (κ1) is 17.2. The van der Waals surface area contributed by atoms with Crippen LogP contribution in [0.4, 0.5) is 5.69 Å². The fourth-order valence-corrected chi connectivity index (χ4v) is 3.18. The van der Waals surface area contributed by atoms with Crippen molar-refractivity contribution >= 4 is 17.5 Å². The van der Waals surface area contributed by atoms with Crippen molar-refractivity contribution in [2.24, 2.45) is 7.05 Å². The third-order valence-electron chi connectivity index (χ3n) is 4.65. The molecular formula is C18H23N5O2. The number of rotatable bonds is 5. The predicted molar refractivity (Wildman–Crippen MR) is 95.1 cm³/mol. The summed E-state index contributed by atoms with van der Waals surface area (Å²) in [7, 11) is 5.35. The lowest BCUT2D eigenvalue weighted by atomic mass is 10.0. The molecule has 2 N–H and O–H groups in total. The summed E-state index contributed by atoms with van der Waals surface area (Å²) in [6, 6.07) is 5.27. The Morgan fingerprint density at radius 2 is 2.04 bits per heavy atom. The second kappa shape index (κ2) is 6.68. The SMILES string of the molecule is CNC(C(=O)NC(C)c1ccc2c(c1)CC(=O)N2C)c1cnn(C)c1. The quantitative estimate of drug-likeness (QED) is 0.853. The van der Waals surface area contributed by atoms with Crippen LogP contribution in [0.5, 0.6) is 0 Å². The number of amides is 2. The first-order valence-corrected chi connectivity index (χ1v) is 8.26. The lowest BCUT2D eigenvalue weighted by Crippen LogP contribution is -2.37. The minimum Gasteiger partial charge on any atom is -0.348 e. The van der Waals surface area contributed by atoms with Crippen LogP contribution in [-0.2, 0) is 23.1 Å². The van der Waals surface area contributed by atoms with Crippen LogP contribution < -0.4 is 15.5 Å². The summed E-state index contributed by atoms with van der Waals surface area (Å²) in [5.74, 6) is -0.0210. The Hall–Kier alpha value is -2.67. The van der Waals surface area contributed by atoms with E-state index >= 15 is 0 Å². The van der Waals surface area contributed by atoms with Gasteiger partial charge in [0.25, 0.3) is 0 Å². The zero-order valence-corrected chi connectivity index (χ0v) is 14.9. The van der Waals surface area contributed by atoms with E-state index in [0.717, 1.165) is 22.4 Å². The van der Waals surface area contributed by atoms with E-state index in [1.165, 1.54) is 0 Å². The van der Waals surface area contributed by atoms with Crippen LogP contribution in [0.15, 0.2) is 30.6 Å². The molecule has 2 unspecified atom stereocenters. The first-order chi connectivity index (χ1) is 11.9. The topological polar surface area (TPSA) is 79.3 Å². The van der Waals surface area contributed by atoms with Crippen LogP contribution in [0, 0.1) is 0 Å². The van der Waals surface area contributed by atoms with Crippen LogP contribution >= 0.6 is 0 Å². The zero-order chi connectivity index (χ0) is 18.1. The Kier molecular flexibility index (Phi) is 4.59. The van der Waals surface area contributed by atoms with Crippen molar-refractivity contribution in [1.29, 1.82) is 0 Å². The number of nitrogens with zero attached hydrogens (tertiary/aromatic N) is 3. The molecule has 1 aliphatic rings. The summed E-state index contributed by atoms with van der Waals surface area (Å²) in [4.78, 5) is 26.1. The Balaban J connectivity index is 1.73. The van der Waals surface area contributed by atoms with Gasteiger partial charge in [0.15, 0.2) is 0 Å². The van der Waals surface area contributed by atoms with Crippen LogP contribution in [0.25, 0.3) is 0 Å². The van der Waals surface area contributed by atoms with Crippen molar-refractivity contribution in [1.82, 2.24) is 20.4 Å². The minimum absolute atomic E-state index is 0.0932. The molecule has 0 aliphatic carbocycles. The van der Waals surface area contributed by atoms with Gasteiger partial charge >= 0.3 is 0 Å². The summed E-state index contributed by atoms with van der Waals surface area (Å²) in [6.45, 7) is 1.94. The number of hydrogen-bond donors (Lipinski definition) is 2. The summed E-state index contributed by atoms with van der Waals surface area (Å²) < 4.78 is 1.67. The average molecular weight is 341 g/mol. The number of likely N-dealkylation sites (N-methyl/N-ethyl adjacent to an activating group) is 2. The van der Waals surface area contributed by atoms with Gasteiger partial charge < -0.3 is 15.5 Å². The fraction of sp³-hybridized carbons (Fsp3) is 0.389. The summed E-state index contributed by atoms with van der Waals surface area (Å²) >= 11 is 0. The van der Waals surface area contributed by atoms with E-state index in [4.69, 9.17) is 0 Å². The van der Waals surface area contributed by atoms with Gasteiger partial charge in [-0.15, -0.1) is 0 Å². The third kappa shape index (κ3) is 3.28. The van der Waals surface area contributed by atoms with E-state index in [1.807, 2.05) is 38.4 Å². The Labute approximate surface area is 147 Å². The normalized spacial score (nSPS) is 15.8. The molecule has 0 bridgehead atoms. The molecule has 132 valence electrons. The Bertz CT molecular complexity index is 814. The number of aromatic nitrogens is 2. The average Bonchev–Trinajstić information content (AvgIpc) is 3.12. The van der Waals surface area contributed by atoms with Crippen molar-refractivity contribution in [3.63, 3.8) is 0 Å². The van der Waals surface area contributed by atoms with Crippen LogP contribution in [-0.4, -0.2) is 35.7 Å². The highest BCUT2D eigenvalue weighted by Gasteiger charge is 2.26. The lowest BCUT2D eigenvalue weighted by molar-refractivity contribution is -0.123. The highest BCUT2D eigenvalue weighted by molar-refractivity contribution is 6.01. The number of anilines is 1. The maximum atomic E-state index is 12.6. The van der Waals surface area contributed by atoms with E-state index in [2.05, 4.69) is 15.7 Å². The van der Waals surface area contributed by atoms with Gasteiger partial charge in [0.05, 0.1) is 18.7 Å². The molecule has 1 aromatic carbocycles. The number of benzene rings is 1. The number of carbonyl (C=O) groups excluding carboxylic acids is 2. The van der Waals surface area contributed by atoms with Crippen LogP contribution in [0.2, 0.25) is 0 Å². The van der Waals surface area contributed by atoms with E-state index in [0.29, 0.717) is 6.42 Å². The highest BCUT2D eigenvalue weighted by atomic mass is 16.2. The highest BCUT2D eigenvalue weighted by Crippen LogP contribution is 2.30. The van der Waals surface area contributed by atoms with Crippen molar-refractivity contribution in [2.75, 3.05) is 19.0 Å². The van der Waals surface area contributed by atoms with Crippen molar-refractivity contribution in [3.05, 3.63) is 47.3 Å². The number of aryl methyl sites for hydroxylation is 1. The summed E-state index contributed by atoms with van der Waals surface area (Å²) in [5.41, 5.74) is 3.74. The maximum Gasteiger partial charge on any atom is 0.242 e. The molecule has 0 radical (unpaired) electrons. The first-order valence-electron chi connectivity index (χ1n) is 8.26. The van der Waals surface area contributed by atoms with Crippen molar-refractivity contribution in [2.45, 2.75) is 25.4 Å². The molecule has 7 nitrogen and oxygen atoms in total. The predicted octanol–water partition coefficient (Wildman–Crippen LogP) is 1.08. The molecular weight excluding hydrogens is 318 g/mol. The minimum atomic E-state index is -0.460. The largest absolute Gasteiger partial charge is 0.348 e. The number of nitrogens with one attached hydrogen (secondary N) is 2. The van der Waals surface area contributed by atoms with Gasteiger partial charge in [-0.2, -0.15) is 5.10 Å². The molecule has 7 heteroatoms. The molecule has 2 aromatic rings.